The third-order valence-electron chi connectivity index (χ3n) is 9.97. The van der Waals surface area contributed by atoms with Crippen LogP contribution in [0.3, 0.4) is 0 Å². The van der Waals surface area contributed by atoms with E-state index in [1.807, 2.05) is 41.5 Å². The molecule has 0 aliphatic rings. The van der Waals surface area contributed by atoms with Crippen LogP contribution in [0.1, 0.15) is 165 Å². The smallest absolute Gasteiger partial charge is 0.323 e. The fourth-order valence-electron chi connectivity index (χ4n) is 6.46. The second-order valence-electron chi connectivity index (χ2n) is 16.9. The van der Waals surface area contributed by atoms with Crippen LogP contribution in [0.15, 0.2) is 54.8 Å². The molecule has 0 fully saturated rings. The van der Waals surface area contributed by atoms with Crippen LogP contribution < -0.4 is 32.1 Å². The van der Waals surface area contributed by atoms with E-state index in [4.69, 9.17) is 8.83 Å². The summed E-state index contributed by atoms with van der Waals surface area (Å²) in [7, 11) is 0. The van der Waals surface area contributed by atoms with Gasteiger partial charge >= 0.3 is 6.03 Å². The first-order valence-electron chi connectivity index (χ1n) is 20.4. The maximum Gasteiger partial charge on any atom is 0.323 e. The predicted octanol–water partition coefficient (Wildman–Crippen LogP) is 10.3. The van der Waals surface area contributed by atoms with Crippen molar-refractivity contribution in [2.75, 3.05) is 23.7 Å². The number of rotatable bonds is 18. The van der Waals surface area contributed by atoms with Crippen molar-refractivity contribution in [1.29, 1.82) is 0 Å². The summed E-state index contributed by atoms with van der Waals surface area (Å²) in [5, 5.41) is 11.8. The molecule has 56 heavy (non-hydrogen) atoms. The zero-order valence-corrected chi connectivity index (χ0v) is 34.7. The van der Waals surface area contributed by atoms with Crippen molar-refractivity contribution < 1.29 is 23.2 Å². The van der Waals surface area contributed by atoms with Gasteiger partial charge in [-0.05, 0) is 59.1 Å². The van der Waals surface area contributed by atoms with E-state index >= 15 is 0 Å². The third kappa shape index (κ3) is 12.0. The maximum atomic E-state index is 13.9. The Hall–Kier alpha value is -4.93. The lowest BCUT2D eigenvalue weighted by Gasteiger charge is -2.22. The van der Waals surface area contributed by atoms with Gasteiger partial charge in [0.1, 0.15) is 0 Å². The Morgan fingerprint density at radius 1 is 0.518 bits per heavy atom. The Bertz CT molecular complexity index is 1970. The van der Waals surface area contributed by atoms with E-state index in [9.17, 15) is 24.0 Å². The van der Waals surface area contributed by atoms with E-state index in [1.165, 1.54) is 25.0 Å². The number of fused-ring (bicyclic) bond motifs is 2. The number of carbonyl (C=O) groups is 3. The molecule has 4 amide bonds. The van der Waals surface area contributed by atoms with Crippen molar-refractivity contribution in [2.24, 2.45) is 0 Å². The molecule has 11 heteroatoms. The molecule has 0 radical (unpaired) electrons. The second kappa shape index (κ2) is 19.8. The van der Waals surface area contributed by atoms with Gasteiger partial charge in [0.2, 0.25) is 0 Å². The summed E-state index contributed by atoms with van der Waals surface area (Å²) < 4.78 is 12.1. The molecule has 11 nitrogen and oxygen atoms in total. The highest BCUT2D eigenvalue weighted by atomic mass is 16.4. The highest BCUT2D eigenvalue weighted by Gasteiger charge is 2.24. The lowest BCUT2D eigenvalue weighted by atomic mass is 9.86. The van der Waals surface area contributed by atoms with Gasteiger partial charge in [-0.1, -0.05) is 120 Å². The molecule has 0 aliphatic carbocycles. The minimum absolute atomic E-state index is 0.0505. The molecule has 4 aromatic rings. The normalized spacial score (nSPS) is 11.9. The van der Waals surface area contributed by atoms with Gasteiger partial charge in [-0.25, -0.2) is 4.79 Å². The molecular formula is C45H62N4O7. The summed E-state index contributed by atoms with van der Waals surface area (Å²) in [5.41, 5.74) is 0.327. The van der Waals surface area contributed by atoms with Crippen LogP contribution >= 0.6 is 0 Å². The van der Waals surface area contributed by atoms with Crippen LogP contribution in [-0.4, -0.2) is 30.9 Å². The first-order chi connectivity index (χ1) is 26.5. The fraction of sp³-hybridized carbons (Fsp3) is 0.533. The van der Waals surface area contributed by atoms with Crippen LogP contribution in [0.4, 0.5) is 16.2 Å². The number of urea groups is 1. The maximum absolute atomic E-state index is 13.9. The van der Waals surface area contributed by atoms with Gasteiger partial charge in [0.15, 0.2) is 33.5 Å². The van der Waals surface area contributed by atoms with Crippen LogP contribution in [0, 0.1) is 0 Å². The summed E-state index contributed by atoms with van der Waals surface area (Å²) in [6, 6.07) is 8.53. The average molecular weight is 771 g/mol. The Morgan fingerprint density at radius 3 is 1.23 bits per heavy atom. The fourth-order valence-corrected chi connectivity index (χ4v) is 6.46. The lowest BCUT2D eigenvalue weighted by Crippen LogP contribution is -2.26. The van der Waals surface area contributed by atoms with Gasteiger partial charge in [-0.3, -0.25) is 19.2 Å². The van der Waals surface area contributed by atoms with Gasteiger partial charge in [0.05, 0.1) is 22.1 Å². The number of amides is 4. The predicted molar refractivity (Wildman–Crippen MR) is 226 cm³/mol. The monoisotopic (exact) mass is 770 g/mol. The molecule has 2 aromatic heterocycles. The molecule has 4 N–H and O–H groups in total. The SMILES string of the molecule is CCCCCCCCNC(=O)c1cc(=O)c2cc(C(C)(C)C)cc(NC(=O)Nc3cc(C(C)(C)C)cc4c(=O)cc(C(=O)NCCCCCCCC)oc34)c2o1. The zero-order chi connectivity index (χ0) is 41.0. The largest absolute Gasteiger partial charge is 0.448 e. The minimum Gasteiger partial charge on any atom is -0.448 e. The van der Waals surface area contributed by atoms with Crippen molar-refractivity contribution in [3.8, 4) is 0 Å². The number of carbonyl (C=O) groups excluding carboxylic acids is 3. The second-order valence-corrected chi connectivity index (χ2v) is 16.9. The molecule has 2 heterocycles. The van der Waals surface area contributed by atoms with Crippen molar-refractivity contribution in [1.82, 2.24) is 10.6 Å². The number of benzene rings is 2. The third-order valence-corrected chi connectivity index (χ3v) is 9.97. The van der Waals surface area contributed by atoms with Gasteiger partial charge in [0.25, 0.3) is 11.8 Å². The van der Waals surface area contributed by atoms with E-state index in [0.29, 0.717) is 13.1 Å². The van der Waals surface area contributed by atoms with Crippen molar-refractivity contribution in [3.05, 3.63) is 79.5 Å². The summed E-state index contributed by atoms with van der Waals surface area (Å²) in [6.45, 7) is 17.1. The molecular weight excluding hydrogens is 709 g/mol. The molecule has 0 unspecified atom stereocenters. The Morgan fingerprint density at radius 2 is 0.875 bits per heavy atom. The van der Waals surface area contributed by atoms with E-state index in [2.05, 4.69) is 35.1 Å². The Balaban J connectivity index is 1.65. The van der Waals surface area contributed by atoms with Crippen molar-refractivity contribution in [3.63, 3.8) is 0 Å². The topological polar surface area (TPSA) is 160 Å². The molecule has 0 aliphatic heterocycles. The van der Waals surface area contributed by atoms with E-state index in [0.717, 1.165) is 75.3 Å². The van der Waals surface area contributed by atoms with Crippen LogP contribution in [0.5, 0.6) is 0 Å². The summed E-state index contributed by atoms with van der Waals surface area (Å²) in [4.78, 5) is 67.1. The van der Waals surface area contributed by atoms with Gasteiger partial charge in [0, 0.05) is 25.2 Å². The lowest BCUT2D eigenvalue weighted by molar-refractivity contribution is 0.0918. The minimum atomic E-state index is -0.717. The summed E-state index contributed by atoms with van der Waals surface area (Å²) in [6.07, 6.45) is 12.8. The highest BCUT2D eigenvalue weighted by Crippen LogP contribution is 2.34. The van der Waals surface area contributed by atoms with Crippen LogP contribution in [-0.2, 0) is 10.8 Å². The molecule has 0 atom stereocenters. The summed E-state index contributed by atoms with van der Waals surface area (Å²) in [5.74, 6) is -1.35. The molecule has 0 bridgehead atoms. The van der Waals surface area contributed by atoms with Crippen molar-refractivity contribution >= 4 is 51.2 Å². The first kappa shape index (κ1) is 43.8. The number of hydrogen-bond donors (Lipinski definition) is 4. The Labute approximate surface area is 330 Å². The molecule has 0 saturated carbocycles. The van der Waals surface area contributed by atoms with Crippen LogP contribution in [0.25, 0.3) is 21.9 Å². The average Bonchev–Trinajstić information content (AvgIpc) is 3.13. The van der Waals surface area contributed by atoms with Gasteiger partial charge < -0.3 is 30.1 Å². The number of anilines is 2. The van der Waals surface area contributed by atoms with Gasteiger partial charge in [-0.15, -0.1) is 0 Å². The number of nitrogens with one attached hydrogen (secondary N) is 4. The molecule has 304 valence electrons. The molecule has 0 spiro atoms. The summed E-state index contributed by atoms with van der Waals surface area (Å²) >= 11 is 0. The first-order valence-corrected chi connectivity index (χ1v) is 20.4. The number of unbranched alkanes of at least 4 members (excludes halogenated alkanes) is 10. The molecule has 0 saturated heterocycles. The highest BCUT2D eigenvalue weighted by molar-refractivity contribution is 6.08. The zero-order valence-electron chi connectivity index (χ0n) is 34.7. The standard InChI is InChI=1S/C45H62N4O7/c1-9-11-13-15-17-19-21-46-41(52)37-27-35(50)31-23-29(44(3,4)5)25-33(39(31)55-37)48-43(54)49-34-26-30(45(6,7)8)24-32-36(51)28-38(56-40(32)34)42(53)47-22-20-18-16-14-12-10-2/h23-28H,9-22H2,1-8H3,(H,46,52)(H,47,53)(H2,48,49,54). The van der Waals surface area contributed by atoms with E-state index in [-0.39, 0.29) is 44.8 Å². The number of hydrogen-bond acceptors (Lipinski definition) is 7. The molecule has 2 aromatic carbocycles. The van der Waals surface area contributed by atoms with E-state index in [1.54, 1.807) is 24.3 Å². The quantitative estimate of drug-likeness (QED) is 0.0733. The van der Waals surface area contributed by atoms with Gasteiger partial charge in [-0.2, -0.15) is 0 Å². The Kier molecular flexibility index (Phi) is 15.5. The van der Waals surface area contributed by atoms with E-state index < -0.39 is 39.5 Å². The van der Waals surface area contributed by atoms with Crippen molar-refractivity contribution in [2.45, 2.75) is 143 Å². The van der Waals surface area contributed by atoms with Crippen LogP contribution in [0.2, 0.25) is 0 Å². The molecule has 4 rings (SSSR count).